The van der Waals surface area contributed by atoms with E-state index < -0.39 is 0 Å². The lowest BCUT2D eigenvalue weighted by molar-refractivity contribution is 0.0494. The van der Waals surface area contributed by atoms with E-state index in [9.17, 15) is 4.79 Å². The fraction of sp³-hybridized carbons (Fsp3) is 0.462. The minimum atomic E-state index is -0.280. The topological polar surface area (TPSA) is 46.5 Å². The van der Waals surface area contributed by atoms with E-state index >= 15 is 0 Å². The van der Waals surface area contributed by atoms with Crippen molar-refractivity contribution in [1.29, 1.82) is 0 Å². The highest BCUT2D eigenvalue weighted by molar-refractivity contribution is 5.89. The molecule has 0 aromatic heterocycles. The molecule has 0 bridgehead atoms. The number of aliphatic hydroxyl groups excluding tert-OH is 1. The normalized spacial score (nSPS) is 12.1. The van der Waals surface area contributed by atoms with Gasteiger partial charge in [0.1, 0.15) is 0 Å². The van der Waals surface area contributed by atoms with E-state index in [0.29, 0.717) is 12.2 Å². The Morgan fingerprint density at radius 1 is 1.31 bits per heavy atom. The molecule has 0 heterocycles. The van der Waals surface area contributed by atoms with Gasteiger partial charge in [-0.05, 0) is 38.3 Å². The standard InChI is InChI=1S/C13H18O3/c1-11(14)7-5-6-10-16-13(15)12-8-3-2-4-9-12/h2-4,8-9,11,14H,5-7,10H2,1H3. The van der Waals surface area contributed by atoms with E-state index in [2.05, 4.69) is 0 Å². The average Bonchev–Trinajstić information content (AvgIpc) is 2.29. The maximum absolute atomic E-state index is 11.5. The predicted octanol–water partition coefficient (Wildman–Crippen LogP) is 2.39. The van der Waals surface area contributed by atoms with E-state index in [4.69, 9.17) is 9.84 Å². The van der Waals surface area contributed by atoms with Crippen molar-refractivity contribution >= 4 is 5.97 Å². The summed E-state index contributed by atoms with van der Waals surface area (Å²) in [5.41, 5.74) is 0.582. The molecule has 16 heavy (non-hydrogen) atoms. The van der Waals surface area contributed by atoms with Gasteiger partial charge < -0.3 is 9.84 Å². The van der Waals surface area contributed by atoms with Crippen LogP contribution in [-0.2, 0) is 4.74 Å². The van der Waals surface area contributed by atoms with Crippen LogP contribution in [0.5, 0.6) is 0 Å². The maximum atomic E-state index is 11.5. The Labute approximate surface area is 96.1 Å². The van der Waals surface area contributed by atoms with E-state index in [-0.39, 0.29) is 12.1 Å². The van der Waals surface area contributed by atoms with Gasteiger partial charge in [0, 0.05) is 0 Å². The first kappa shape index (κ1) is 12.7. The third-order valence-electron chi connectivity index (χ3n) is 2.26. The van der Waals surface area contributed by atoms with E-state index in [1.807, 2.05) is 18.2 Å². The SMILES string of the molecule is CC(O)CCCCOC(=O)c1ccccc1. The minimum absolute atomic E-state index is 0.273. The summed E-state index contributed by atoms with van der Waals surface area (Å²) in [7, 11) is 0. The molecule has 1 rings (SSSR count). The highest BCUT2D eigenvalue weighted by Crippen LogP contribution is 2.04. The van der Waals surface area contributed by atoms with Crippen LogP contribution in [0.3, 0.4) is 0 Å². The number of carbonyl (C=O) groups excluding carboxylic acids is 1. The van der Waals surface area contributed by atoms with Crippen LogP contribution in [-0.4, -0.2) is 23.8 Å². The summed E-state index contributed by atoms with van der Waals surface area (Å²) in [6.45, 7) is 2.18. The predicted molar refractivity (Wildman–Crippen MR) is 62.3 cm³/mol. The quantitative estimate of drug-likeness (QED) is 0.594. The number of esters is 1. The zero-order valence-electron chi connectivity index (χ0n) is 9.56. The van der Waals surface area contributed by atoms with Crippen molar-refractivity contribution in [3.05, 3.63) is 35.9 Å². The zero-order valence-corrected chi connectivity index (χ0v) is 9.56. The fourth-order valence-electron chi connectivity index (χ4n) is 1.36. The molecule has 1 aromatic rings. The van der Waals surface area contributed by atoms with Crippen molar-refractivity contribution in [2.24, 2.45) is 0 Å². The lowest BCUT2D eigenvalue weighted by Gasteiger charge is -2.05. The zero-order chi connectivity index (χ0) is 11.8. The lowest BCUT2D eigenvalue weighted by atomic mass is 10.2. The highest BCUT2D eigenvalue weighted by Gasteiger charge is 2.05. The second-order valence-corrected chi connectivity index (χ2v) is 3.85. The number of aliphatic hydroxyl groups is 1. The Hall–Kier alpha value is -1.35. The molecule has 88 valence electrons. The maximum Gasteiger partial charge on any atom is 0.338 e. The second-order valence-electron chi connectivity index (χ2n) is 3.85. The van der Waals surface area contributed by atoms with Gasteiger partial charge in [0.05, 0.1) is 18.3 Å². The average molecular weight is 222 g/mol. The molecular weight excluding hydrogens is 204 g/mol. The molecule has 0 aliphatic rings. The van der Waals surface area contributed by atoms with E-state index in [0.717, 1.165) is 19.3 Å². The van der Waals surface area contributed by atoms with Gasteiger partial charge in [-0.3, -0.25) is 0 Å². The second kappa shape index (κ2) is 7.01. The van der Waals surface area contributed by atoms with Crippen LogP contribution in [0.15, 0.2) is 30.3 Å². The Morgan fingerprint density at radius 3 is 2.62 bits per heavy atom. The molecule has 1 unspecified atom stereocenters. The Morgan fingerprint density at radius 2 is 2.00 bits per heavy atom. The van der Waals surface area contributed by atoms with Crippen molar-refractivity contribution in [1.82, 2.24) is 0 Å². The first-order valence-electron chi connectivity index (χ1n) is 5.60. The summed E-state index contributed by atoms with van der Waals surface area (Å²) in [6, 6.07) is 8.95. The fourth-order valence-corrected chi connectivity index (χ4v) is 1.36. The summed E-state index contributed by atoms with van der Waals surface area (Å²) in [5.74, 6) is -0.280. The number of hydrogen-bond acceptors (Lipinski definition) is 3. The Bertz CT molecular complexity index is 306. The first-order chi connectivity index (χ1) is 7.70. The van der Waals surface area contributed by atoms with Crippen LogP contribution in [0.2, 0.25) is 0 Å². The number of benzene rings is 1. The molecule has 0 amide bonds. The van der Waals surface area contributed by atoms with Gasteiger partial charge in [0.15, 0.2) is 0 Å². The van der Waals surface area contributed by atoms with Crippen LogP contribution < -0.4 is 0 Å². The monoisotopic (exact) mass is 222 g/mol. The van der Waals surface area contributed by atoms with E-state index in [1.165, 1.54) is 0 Å². The highest BCUT2D eigenvalue weighted by atomic mass is 16.5. The van der Waals surface area contributed by atoms with Crippen LogP contribution in [0.25, 0.3) is 0 Å². The number of ether oxygens (including phenoxy) is 1. The Kier molecular flexibility index (Phi) is 5.57. The molecule has 0 radical (unpaired) electrons. The van der Waals surface area contributed by atoms with Gasteiger partial charge in [-0.25, -0.2) is 4.79 Å². The number of unbranched alkanes of at least 4 members (excludes halogenated alkanes) is 1. The summed E-state index contributed by atoms with van der Waals surface area (Å²) in [5, 5.41) is 9.03. The van der Waals surface area contributed by atoms with Gasteiger partial charge in [-0.1, -0.05) is 18.2 Å². The number of rotatable bonds is 6. The molecule has 3 heteroatoms. The summed E-state index contributed by atoms with van der Waals surface area (Å²) in [4.78, 5) is 11.5. The largest absolute Gasteiger partial charge is 0.462 e. The van der Waals surface area contributed by atoms with Crippen LogP contribution in [0.4, 0.5) is 0 Å². The van der Waals surface area contributed by atoms with Crippen molar-refractivity contribution < 1.29 is 14.6 Å². The molecule has 0 fully saturated rings. The minimum Gasteiger partial charge on any atom is -0.462 e. The summed E-state index contributed by atoms with van der Waals surface area (Å²) < 4.78 is 5.09. The van der Waals surface area contributed by atoms with Gasteiger partial charge >= 0.3 is 5.97 Å². The molecule has 0 aliphatic heterocycles. The molecule has 0 saturated heterocycles. The van der Waals surface area contributed by atoms with Gasteiger partial charge in [0.2, 0.25) is 0 Å². The molecular formula is C13H18O3. The van der Waals surface area contributed by atoms with Gasteiger partial charge in [0.25, 0.3) is 0 Å². The van der Waals surface area contributed by atoms with Crippen LogP contribution in [0, 0.1) is 0 Å². The third-order valence-corrected chi connectivity index (χ3v) is 2.26. The summed E-state index contributed by atoms with van der Waals surface area (Å²) in [6.07, 6.45) is 2.15. The molecule has 0 saturated carbocycles. The van der Waals surface area contributed by atoms with Crippen molar-refractivity contribution in [2.75, 3.05) is 6.61 Å². The summed E-state index contributed by atoms with van der Waals surface area (Å²) >= 11 is 0. The van der Waals surface area contributed by atoms with Crippen molar-refractivity contribution in [3.8, 4) is 0 Å². The van der Waals surface area contributed by atoms with E-state index in [1.54, 1.807) is 19.1 Å². The smallest absolute Gasteiger partial charge is 0.338 e. The first-order valence-corrected chi connectivity index (χ1v) is 5.60. The van der Waals surface area contributed by atoms with Crippen LogP contribution in [0.1, 0.15) is 36.5 Å². The van der Waals surface area contributed by atoms with Crippen molar-refractivity contribution in [2.45, 2.75) is 32.3 Å². The molecule has 0 aliphatic carbocycles. The molecule has 0 spiro atoms. The van der Waals surface area contributed by atoms with Gasteiger partial charge in [-0.2, -0.15) is 0 Å². The van der Waals surface area contributed by atoms with Crippen molar-refractivity contribution in [3.63, 3.8) is 0 Å². The van der Waals surface area contributed by atoms with Crippen LogP contribution >= 0.6 is 0 Å². The van der Waals surface area contributed by atoms with Gasteiger partial charge in [-0.15, -0.1) is 0 Å². The number of hydrogen-bond donors (Lipinski definition) is 1. The molecule has 1 atom stereocenters. The Balaban J connectivity index is 2.16. The number of carbonyl (C=O) groups is 1. The molecule has 1 aromatic carbocycles. The third kappa shape index (κ3) is 4.94. The lowest BCUT2D eigenvalue weighted by Crippen LogP contribution is -2.07. The molecule has 3 nitrogen and oxygen atoms in total. The molecule has 1 N–H and O–H groups in total.